The van der Waals surface area contributed by atoms with E-state index in [-0.39, 0.29) is 0 Å². The monoisotopic (exact) mass is 222 g/mol. The molecule has 1 aromatic heterocycles. The molecular weight excluding hydrogens is 204 g/mol. The summed E-state index contributed by atoms with van der Waals surface area (Å²) in [5, 5.41) is 0. The summed E-state index contributed by atoms with van der Waals surface area (Å²) >= 11 is 1.69. The lowest BCUT2D eigenvalue weighted by Crippen LogP contribution is -2.00. The Morgan fingerprint density at radius 1 is 1.07 bits per heavy atom. The molecule has 0 unspecified atom stereocenters. The standard InChI is InChI=1S/C13H18OS/c14-10-12-8-9-13(15-12)11-6-4-2-1-3-5-7-11/h8-11H,1-7H2. The van der Waals surface area contributed by atoms with Gasteiger partial charge in [-0.05, 0) is 30.9 Å². The van der Waals surface area contributed by atoms with Crippen LogP contribution in [0.15, 0.2) is 12.1 Å². The first-order valence-corrected chi connectivity index (χ1v) is 6.76. The zero-order chi connectivity index (χ0) is 10.5. The summed E-state index contributed by atoms with van der Waals surface area (Å²) in [7, 11) is 0. The molecule has 0 amide bonds. The summed E-state index contributed by atoms with van der Waals surface area (Å²) in [6.07, 6.45) is 10.5. The van der Waals surface area contributed by atoms with E-state index >= 15 is 0 Å². The number of thiophene rings is 1. The number of hydrogen-bond donors (Lipinski definition) is 0. The third-order valence-corrected chi connectivity index (χ3v) is 4.44. The van der Waals surface area contributed by atoms with Gasteiger partial charge < -0.3 is 0 Å². The molecule has 0 aliphatic heterocycles. The van der Waals surface area contributed by atoms with E-state index in [2.05, 4.69) is 6.07 Å². The minimum Gasteiger partial charge on any atom is -0.297 e. The molecule has 1 fully saturated rings. The van der Waals surface area contributed by atoms with Crippen LogP contribution in [-0.4, -0.2) is 6.29 Å². The number of hydrogen-bond acceptors (Lipinski definition) is 2. The molecule has 0 saturated heterocycles. The van der Waals surface area contributed by atoms with Crippen LogP contribution in [0.1, 0.15) is 65.4 Å². The maximum absolute atomic E-state index is 10.6. The van der Waals surface area contributed by atoms with Crippen LogP contribution in [0.4, 0.5) is 0 Å². The zero-order valence-electron chi connectivity index (χ0n) is 9.08. The number of carbonyl (C=O) groups is 1. The fourth-order valence-electron chi connectivity index (χ4n) is 2.39. The van der Waals surface area contributed by atoms with E-state index in [1.807, 2.05) is 6.07 Å². The molecule has 2 heteroatoms. The Balaban J connectivity index is 2.03. The van der Waals surface area contributed by atoms with Gasteiger partial charge in [-0.2, -0.15) is 0 Å². The maximum atomic E-state index is 10.6. The average Bonchev–Trinajstić information content (AvgIpc) is 2.65. The van der Waals surface area contributed by atoms with Crippen LogP contribution in [0.5, 0.6) is 0 Å². The fourth-order valence-corrected chi connectivity index (χ4v) is 3.39. The molecule has 0 atom stereocenters. The largest absolute Gasteiger partial charge is 0.297 e. The SMILES string of the molecule is O=Cc1ccc(C2CCCCCCC2)s1. The van der Waals surface area contributed by atoms with Crippen molar-refractivity contribution in [2.45, 2.75) is 50.9 Å². The topological polar surface area (TPSA) is 17.1 Å². The predicted octanol–water partition coefficient (Wildman–Crippen LogP) is 4.39. The van der Waals surface area contributed by atoms with Crippen LogP contribution in [-0.2, 0) is 0 Å². The molecule has 0 N–H and O–H groups in total. The first-order chi connectivity index (χ1) is 7.40. The van der Waals surface area contributed by atoms with Gasteiger partial charge in [0.05, 0.1) is 4.88 Å². The Bertz CT molecular complexity index is 308. The van der Waals surface area contributed by atoms with Crippen molar-refractivity contribution in [3.05, 3.63) is 21.9 Å². The molecule has 2 rings (SSSR count). The highest BCUT2D eigenvalue weighted by Gasteiger charge is 2.15. The van der Waals surface area contributed by atoms with Crippen molar-refractivity contribution in [2.24, 2.45) is 0 Å². The van der Waals surface area contributed by atoms with Gasteiger partial charge in [-0.25, -0.2) is 0 Å². The quantitative estimate of drug-likeness (QED) is 0.678. The summed E-state index contributed by atoms with van der Waals surface area (Å²) in [4.78, 5) is 12.9. The Morgan fingerprint density at radius 2 is 1.73 bits per heavy atom. The van der Waals surface area contributed by atoms with Gasteiger partial charge in [0.1, 0.15) is 0 Å². The molecule has 0 bridgehead atoms. The van der Waals surface area contributed by atoms with E-state index in [0.29, 0.717) is 0 Å². The molecule has 1 nitrogen and oxygen atoms in total. The van der Waals surface area contributed by atoms with Gasteiger partial charge in [0.25, 0.3) is 0 Å². The fraction of sp³-hybridized carbons (Fsp3) is 0.615. The summed E-state index contributed by atoms with van der Waals surface area (Å²) < 4.78 is 0. The van der Waals surface area contributed by atoms with E-state index in [9.17, 15) is 4.79 Å². The molecule has 1 heterocycles. The molecular formula is C13H18OS. The number of aldehydes is 1. The van der Waals surface area contributed by atoms with Gasteiger partial charge in [-0.15, -0.1) is 11.3 Å². The van der Waals surface area contributed by atoms with Crippen LogP contribution >= 0.6 is 11.3 Å². The number of carbonyl (C=O) groups excluding carboxylic acids is 1. The first-order valence-electron chi connectivity index (χ1n) is 5.95. The van der Waals surface area contributed by atoms with Crippen molar-refractivity contribution in [2.75, 3.05) is 0 Å². The molecule has 1 aliphatic rings. The Morgan fingerprint density at radius 3 is 2.33 bits per heavy atom. The highest BCUT2D eigenvalue weighted by molar-refractivity contribution is 7.13. The van der Waals surface area contributed by atoms with Gasteiger partial charge in [0, 0.05) is 4.88 Å². The van der Waals surface area contributed by atoms with Crippen LogP contribution in [0, 0.1) is 0 Å². The summed E-state index contributed by atoms with van der Waals surface area (Å²) in [5.74, 6) is 0.726. The highest BCUT2D eigenvalue weighted by atomic mass is 32.1. The molecule has 0 radical (unpaired) electrons. The van der Waals surface area contributed by atoms with Crippen molar-refractivity contribution in [3.8, 4) is 0 Å². The van der Waals surface area contributed by atoms with Crippen molar-refractivity contribution >= 4 is 17.6 Å². The molecule has 1 aliphatic carbocycles. The lowest BCUT2D eigenvalue weighted by Gasteiger charge is -2.18. The number of rotatable bonds is 2. The van der Waals surface area contributed by atoms with Gasteiger partial charge in [-0.3, -0.25) is 4.79 Å². The first kappa shape index (κ1) is 10.9. The average molecular weight is 222 g/mol. The minimum absolute atomic E-state index is 0.726. The van der Waals surface area contributed by atoms with Crippen molar-refractivity contribution in [3.63, 3.8) is 0 Å². The Labute approximate surface area is 95.5 Å². The molecule has 0 aromatic carbocycles. The van der Waals surface area contributed by atoms with Gasteiger partial charge >= 0.3 is 0 Å². The van der Waals surface area contributed by atoms with Crippen molar-refractivity contribution < 1.29 is 4.79 Å². The summed E-state index contributed by atoms with van der Waals surface area (Å²) in [6, 6.07) is 4.12. The van der Waals surface area contributed by atoms with E-state index in [1.165, 1.54) is 49.8 Å². The summed E-state index contributed by atoms with van der Waals surface area (Å²) in [6.45, 7) is 0. The maximum Gasteiger partial charge on any atom is 0.160 e. The van der Waals surface area contributed by atoms with E-state index in [1.54, 1.807) is 11.3 Å². The second kappa shape index (κ2) is 5.45. The van der Waals surface area contributed by atoms with Crippen molar-refractivity contribution in [1.82, 2.24) is 0 Å². The predicted molar refractivity (Wildman–Crippen MR) is 64.8 cm³/mol. The smallest absolute Gasteiger partial charge is 0.160 e. The Kier molecular flexibility index (Phi) is 3.95. The minimum atomic E-state index is 0.726. The zero-order valence-corrected chi connectivity index (χ0v) is 9.89. The lowest BCUT2D eigenvalue weighted by atomic mass is 9.90. The third kappa shape index (κ3) is 2.91. The molecule has 15 heavy (non-hydrogen) atoms. The molecule has 0 spiro atoms. The van der Waals surface area contributed by atoms with Crippen LogP contribution in [0.3, 0.4) is 0 Å². The summed E-state index contributed by atoms with van der Waals surface area (Å²) in [5.41, 5.74) is 0. The highest BCUT2D eigenvalue weighted by Crippen LogP contribution is 2.34. The van der Waals surface area contributed by atoms with Gasteiger partial charge in [-0.1, -0.05) is 32.1 Å². The normalized spacial score (nSPS) is 19.5. The van der Waals surface area contributed by atoms with E-state index < -0.39 is 0 Å². The third-order valence-electron chi connectivity index (χ3n) is 3.27. The molecule has 1 saturated carbocycles. The Hall–Kier alpha value is -0.630. The second-order valence-electron chi connectivity index (χ2n) is 4.40. The van der Waals surface area contributed by atoms with Crippen molar-refractivity contribution in [1.29, 1.82) is 0 Å². The molecule has 1 aromatic rings. The van der Waals surface area contributed by atoms with E-state index in [4.69, 9.17) is 0 Å². The van der Waals surface area contributed by atoms with Crippen LogP contribution in [0.25, 0.3) is 0 Å². The van der Waals surface area contributed by atoms with Crippen LogP contribution < -0.4 is 0 Å². The lowest BCUT2D eigenvalue weighted by molar-refractivity contribution is 0.112. The van der Waals surface area contributed by atoms with Crippen LogP contribution in [0.2, 0.25) is 0 Å². The molecule has 82 valence electrons. The van der Waals surface area contributed by atoms with Gasteiger partial charge in [0.15, 0.2) is 6.29 Å². The van der Waals surface area contributed by atoms with E-state index in [0.717, 1.165) is 17.1 Å². The second-order valence-corrected chi connectivity index (χ2v) is 5.55. The van der Waals surface area contributed by atoms with Gasteiger partial charge in [0.2, 0.25) is 0 Å².